The first kappa shape index (κ1) is 11.6. The molecular formula is C13H11F3O2. The van der Waals surface area contributed by atoms with Crippen molar-refractivity contribution in [1.82, 2.24) is 0 Å². The van der Waals surface area contributed by atoms with Crippen molar-refractivity contribution < 1.29 is 22.7 Å². The molecule has 96 valence electrons. The van der Waals surface area contributed by atoms with Crippen LogP contribution in [-0.2, 0) is 17.3 Å². The number of esters is 1. The molecule has 1 aliphatic heterocycles. The normalized spacial score (nSPS) is 21.2. The molecule has 0 bridgehead atoms. The van der Waals surface area contributed by atoms with Crippen molar-refractivity contribution in [2.24, 2.45) is 0 Å². The number of halogens is 3. The predicted octanol–water partition coefficient (Wildman–Crippen LogP) is 3.34. The van der Waals surface area contributed by atoms with Gasteiger partial charge in [-0.2, -0.15) is 13.2 Å². The first-order chi connectivity index (χ1) is 8.41. The minimum Gasteiger partial charge on any atom is -0.455 e. The van der Waals surface area contributed by atoms with Crippen LogP contribution < -0.4 is 0 Å². The van der Waals surface area contributed by atoms with E-state index in [-0.39, 0.29) is 5.56 Å². The standard InChI is InChI=1S/C13H11F3O2/c14-13(15,16)9-4-1-3-8-7-12(5-2-6-12)18-11(17)10(8)9/h1,3-4H,2,5-7H2. The fourth-order valence-corrected chi connectivity index (χ4v) is 2.71. The number of alkyl halides is 3. The SMILES string of the molecule is O=C1OC2(CCC2)Cc2cccc(C(F)(F)F)c21. The van der Waals surface area contributed by atoms with Crippen LogP contribution in [-0.4, -0.2) is 11.6 Å². The van der Waals surface area contributed by atoms with Crippen LogP contribution in [0.15, 0.2) is 18.2 Å². The maximum Gasteiger partial charge on any atom is 0.417 e. The molecule has 0 radical (unpaired) electrons. The number of ether oxygens (including phenoxy) is 1. The van der Waals surface area contributed by atoms with Gasteiger partial charge in [0.1, 0.15) is 5.60 Å². The zero-order valence-electron chi connectivity index (χ0n) is 9.51. The summed E-state index contributed by atoms with van der Waals surface area (Å²) in [6, 6.07) is 3.87. The Labute approximate surface area is 102 Å². The Morgan fingerprint density at radius 1 is 1.22 bits per heavy atom. The molecular weight excluding hydrogens is 245 g/mol. The number of hydrogen-bond donors (Lipinski definition) is 0. The molecule has 18 heavy (non-hydrogen) atoms. The summed E-state index contributed by atoms with van der Waals surface area (Å²) in [7, 11) is 0. The third-order valence-electron chi connectivity index (χ3n) is 3.75. The van der Waals surface area contributed by atoms with Gasteiger partial charge in [-0.1, -0.05) is 12.1 Å². The summed E-state index contributed by atoms with van der Waals surface area (Å²) in [6.45, 7) is 0. The molecule has 2 nitrogen and oxygen atoms in total. The number of carbonyl (C=O) groups excluding carboxylic acids is 1. The van der Waals surface area contributed by atoms with Gasteiger partial charge in [0.05, 0.1) is 11.1 Å². The minimum absolute atomic E-state index is 0.303. The summed E-state index contributed by atoms with van der Waals surface area (Å²) in [6.07, 6.45) is -1.67. The van der Waals surface area contributed by atoms with E-state index in [9.17, 15) is 18.0 Å². The Kier molecular flexibility index (Phi) is 2.24. The lowest BCUT2D eigenvalue weighted by molar-refractivity contribution is -0.139. The highest BCUT2D eigenvalue weighted by molar-refractivity contribution is 5.94. The van der Waals surface area contributed by atoms with E-state index in [2.05, 4.69) is 0 Å². The van der Waals surface area contributed by atoms with Crippen LogP contribution in [0.5, 0.6) is 0 Å². The van der Waals surface area contributed by atoms with Crippen molar-refractivity contribution in [2.75, 3.05) is 0 Å². The molecule has 0 unspecified atom stereocenters. The van der Waals surface area contributed by atoms with Crippen molar-refractivity contribution in [3.63, 3.8) is 0 Å². The van der Waals surface area contributed by atoms with Crippen molar-refractivity contribution in [3.8, 4) is 0 Å². The molecule has 1 saturated carbocycles. The van der Waals surface area contributed by atoms with Crippen molar-refractivity contribution in [1.29, 1.82) is 0 Å². The van der Waals surface area contributed by atoms with Gasteiger partial charge in [0.2, 0.25) is 0 Å². The topological polar surface area (TPSA) is 26.3 Å². The first-order valence-corrected chi connectivity index (χ1v) is 5.84. The lowest BCUT2D eigenvalue weighted by Crippen LogP contribution is -2.47. The van der Waals surface area contributed by atoms with E-state index in [0.29, 0.717) is 12.0 Å². The molecule has 1 aliphatic carbocycles. The minimum atomic E-state index is -4.52. The average molecular weight is 256 g/mol. The number of rotatable bonds is 0. The van der Waals surface area contributed by atoms with Gasteiger partial charge in [0, 0.05) is 6.42 Å². The highest BCUT2D eigenvalue weighted by Crippen LogP contribution is 2.45. The summed E-state index contributed by atoms with van der Waals surface area (Å²) in [5.41, 5.74) is -1.27. The second kappa shape index (κ2) is 3.49. The third kappa shape index (κ3) is 1.61. The van der Waals surface area contributed by atoms with Crippen LogP contribution in [0.1, 0.15) is 40.7 Å². The lowest BCUT2D eigenvalue weighted by Gasteiger charge is -2.44. The van der Waals surface area contributed by atoms with Gasteiger partial charge in [-0.3, -0.25) is 0 Å². The van der Waals surface area contributed by atoms with Gasteiger partial charge < -0.3 is 4.74 Å². The van der Waals surface area contributed by atoms with Crippen LogP contribution in [0.3, 0.4) is 0 Å². The highest BCUT2D eigenvalue weighted by atomic mass is 19.4. The molecule has 0 amide bonds. The van der Waals surface area contributed by atoms with E-state index in [4.69, 9.17) is 4.74 Å². The molecule has 3 rings (SSSR count). The maximum atomic E-state index is 12.8. The average Bonchev–Trinajstić information content (AvgIpc) is 2.24. The molecule has 1 heterocycles. The molecule has 5 heteroatoms. The van der Waals surface area contributed by atoms with E-state index >= 15 is 0 Å². The van der Waals surface area contributed by atoms with Gasteiger partial charge in [0.15, 0.2) is 0 Å². The van der Waals surface area contributed by atoms with Crippen LogP contribution >= 0.6 is 0 Å². The summed E-state index contributed by atoms with van der Waals surface area (Å²) in [5.74, 6) is -0.830. The smallest absolute Gasteiger partial charge is 0.417 e. The number of fused-ring (bicyclic) bond motifs is 1. The Balaban J connectivity index is 2.10. The van der Waals surface area contributed by atoms with Gasteiger partial charge in [-0.15, -0.1) is 0 Å². The quantitative estimate of drug-likeness (QED) is 0.665. The Hall–Kier alpha value is -1.52. The van der Waals surface area contributed by atoms with E-state index in [1.54, 1.807) is 6.07 Å². The Morgan fingerprint density at radius 3 is 2.50 bits per heavy atom. The number of carbonyl (C=O) groups is 1. The predicted molar refractivity (Wildman–Crippen MR) is 57.1 cm³/mol. The molecule has 1 aromatic rings. The highest BCUT2D eigenvalue weighted by Gasteiger charge is 2.48. The van der Waals surface area contributed by atoms with E-state index in [1.807, 2.05) is 0 Å². The van der Waals surface area contributed by atoms with Gasteiger partial charge in [-0.05, 0) is 30.9 Å². The van der Waals surface area contributed by atoms with E-state index < -0.39 is 23.3 Å². The molecule has 1 aromatic carbocycles. The second-order valence-corrected chi connectivity index (χ2v) is 4.94. The molecule has 2 aliphatic rings. The summed E-state index contributed by atoms with van der Waals surface area (Å²) in [5, 5.41) is 0. The van der Waals surface area contributed by atoms with Crippen LogP contribution in [0.4, 0.5) is 13.2 Å². The lowest BCUT2D eigenvalue weighted by atomic mass is 9.73. The number of benzene rings is 1. The summed E-state index contributed by atoms with van der Waals surface area (Å²) < 4.78 is 43.7. The first-order valence-electron chi connectivity index (χ1n) is 5.84. The van der Waals surface area contributed by atoms with Crippen molar-refractivity contribution in [2.45, 2.75) is 37.5 Å². The van der Waals surface area contributed by atoms with Crippen LogP contribution in [0.2, 0.25) is 0 Å². The van der Waals surface area contributed by atoms with Crippen LogP contribution in [0, 0.1) is 0 Å². The fraction of sp³-hybridized carbons (Fsp3) is 0.462. The Bertz CT molecular complexity index is 515. The van der Waals surface area contributed by atoms with Gasteiger partial charge >= 0.3 is 12.1 Å². The third-order valence-corrected chi connectivity index (χ3v) is 3.75. The molecule has 1 fully saturated rings. The summed E-state index contributed by atoms with van der Waals surface area (Å²) >= 11 is 0. The zero-order valence-corrected chi connectivity index (χ0v) is 9.51. The fourth-order valence-electron chi connectivity index (χ4n) is 2.71. The van der Waals surface area contributed by atoms with Gasteiger partial charge in [-0.25, -0.2) is 4.79 Å². The molecule has 0 atom stereocenters. The van der Waals surface area contributed by atoms with Crippen molar-refractivity contribution in [3.05, 3.63) is 34.9 Å². The molecule has 0 saturated heterocycles. The molecule has 0 N–H and O–H groups in total. The largest absolute Gasteiger partial charge is 0.455 e. The zero-order chi connectivity index (χ0) is 13.0. The van der Waals surface area contributed by atoms with E-state index in [0.717, 1.165) is 25.3 Å². The number of hydrogen-bond acceptors (Lipinski definition) is 2. The monoisotopic (exact) mass is 256 g/mol. The molecule has 0 aromatic heterocycles. The van der Waals surface area contributed by atoms with Gasteiger partial charge in [0.25, 0.3) is 0 Å². The maximum absolute atomic E-state index is 12.8. The van der Waals surface area contributed by atoms with Crippen molar-refractivity contribution >= 4 is 5.97 Å². The summed E-state index contributed by atoms with van der Waals surface area (Å²) in [4.78, 5) is 11.8. The van der Waals surface area contributed by atoms with E-state index in [1.165, 1.54) is 6.07 Å². The second-order valence-electron chi connectivity index (χ2n) is 4.94. The van der Waals surface area contributed by atoms with Crippen LogP contribution in [0.25, 0.3) is 0 Å². The Morgan fingerprint density at radius 2 is 1.94 bits per heavy atom. The molecule has 1 spiro atoms.